The van der Waals surface area contributed by atoms with E-state index in [1.54, 1.807) is 6.92 Å². The highest BCUT2D eigenvalue weighted by molar-refractivity contribution is 5.87. The topological polar surface area (TPSA) is 71.1 Å². The molecule has 108 valence electrons. The summed E-state index contributed by atoms with van der Waals surface area (Å²) in [6.45, 7) is 10.1. The molecule has 0 bridgehead atoms. The molecule has 0 radical (unpaired) electrons. The SMILES string of the molecule is C=C(C)C(=O)OC(C)(OC(C)=O)C1(C)OCCCO1. The van der Waals surface area contributed by atoms with E-state index in [1.165, 1.54) is 20.8 Å². The van der Waals surface area contributed by atoms with Gasteiger partial charge in [-0.3, -0.25) is 4.79 Å². The number of carbonyl (C=O) groups excluding carboxylic acids is 2. The van der Waals surface area contributed by atoms with Gasteiger partial charge in [0.2, 0.25) is 5.79 Å². The lowest BCUT2D eigenvalue weighted by Gasteiger charge is -2.44. The summed E-state index contributed by atoms with van der Waals surface area (Å²) in [6, 6.07) is 0. The zero-order chi connectivity index (χ0) is 14.7. The summed E-state index contributed by atoms with van der Waals surface area (Å²) in [5.41, 5.74) is 0.192. The molecule has 0 aromatic carbocycles. The second kappa shape index (κ2) is 5.71. The van der Waals surface area contributed by atoms with Crippen LogP contribution in [0.1, 0.15) is 34.1 Å². The molecule has 0 amide bonds. The van der Waals surface area contributed by atoms with E-state index in [9.17, 15) is 9.59 Å². The summed E-state index contributed by atoms with van der Waals surface area (Å²) < 4.78 is 21.4. The molecule has 1 saturated heterocycles. The van der Waals surface area contributed by atoms with Crippen molar-refractivity contribution < 1.29 is 28.5 Å². The maximum atomic E-state index is 11.7. The minimum Gasteiger partial charge on any atom is -0.417 e. The largest absolute Gasteiger partial charge is 0.417 e. The zero-order valence-electron chi connectivity index (χ0n) is 11.8. The molecule has 0 aromatic rings. The van der Waals surface area contributed by atoms with Crippen molar-refractivity contribution in [3.8, 4) is 0 Å². The van der Waals surface area contributed by atoms with Crippen molar-refractivity contribution in [2.24, 2.45) is 0 Å². The summed E-state index contributed by atoms with van der Waals surface area (Å²) in [5, 5.41) is 0. The molecular formula is C13H20O6. The van der Waals surface area contributed by atoms with Crippen LogP contribution in [-0.2, 0) is 28.5 Å². The molecule has 1 aliphatic rings. The van der Waals surface area contributed by atoms with Gasteiger partial charge in [0.1, 0.15) is 0 Å². The smallest absolute Gasteiger partial charge is 0.336 e. The fourth-order valence-electron chi connectivity index (χ4n) is 1.64. The van der Waals surface area contributed by atoms with Gasteiger partial charge in [0.15, 0.2) is 0 Å². The van der Waals surface area contributed by atoms with Crippen LogP contribution in [0.25, 0.3) is 0 Å². The summed E-state index contributed by atoms with van der Waals surface area (Å²) in [6.07, 6.45) is 0.722. The van der Waals surface area contributed by atoms with Gasteiger partial charge in [-0.05, 0) is 20.3 Å². The van der Waals surface area contributed by atoms with E-state index in [1.807, 2.05) is 0 Å². The van der Waals surface area contributed by atoms with Gasteiger partial charge in [0, 0.05) is 19.4 Å². The number of hydrogen-bond acceptors (Lipinski definition) is 6. The van der Waals surface area contributed by atoms with Crippen molar-refractivity contribution in [1.82, 2.24) is 0 Å². The third-order valence-corrected chi connectivity index (χ3v) is 2.84. The Hall–Kier alpha value is -1.40. The maximum absolute atomic E-state index is 11.7. The van der Waals surface area contributed by atoms with Gasteiger partial charge in [0.05, 0.1) is 13.2 Å². The Balaban J connectivity index is 3.00. The van der Waals surface area contributed by atoms with E-state index in [-0.39, 0.29) is 5.57 Å². The van der Waals surface area contributed by atoms with Gasteiger partial charge in [-0.2, -0.15) is 0 Å². The molecule has 1 unspecified atom stereocenters. The van der Waals surface area contributed by atoms with Gasteiger partial charge >= 0.3 is 17.7 Å². The molecule has 0 saturated carbocycles. The Labute approximate surface area is 112 Å². The van der Waals surface area contributed by atoms with Gasteiger partial charge in [-0.15, -0.1) is 0 Å². The molecule has 1 fully saturated rings. The fourth-order valence-corrected chi connectivity index (χ4v) is 1.64. The van der Waals surface area contributed by atoms with Crippen molar-refractivity contribution in [3.63, 3.8) is 0 Å². The van der Waals surface area contributed by atoms with Crippen LogP contribution in [0.2, 0.25) is 0 Å². The standard InChI is InChI=1S/C13H20O6/c1-9(2)11(15)19-13(5,18-10(3)14)12(4)16-7-6-8-17-12/h1,6-8H2,2-5H3. The number of esters is 2. The summed E-state index contributed by atoms with van der Waals surface area (Å²) in [5.74, 6) is -4.30. The highest BCUT2D eigenvalue weighted by atomic mass is 16.8. The van der Waals surface area contributed by atoms with Crippen LogP contribution in [0.5, 0.6) is 0 Å². The average molecular weight is 272 g/mol. The maximum Gasteiger partial charge on any atom is 0.336 e. The van der Waals surface area contributed by atoms with Crippen LogP contribution in [0.4, 0.5) is 0 Å². The van der Waals surface area contributed by atoms with Crippen LogP contribution in [-0.4, -0.2) is 36.7 Å². The molecule has 0 aromatic heterocycles. The first kappa shape index (κ1) is 15.7. The molecule has 1 rings (SSSR count). The monoisotopic (exact) mass is 272 g/mol. The molecule has 6 nitrogen and oxygen atoms in total. The lowest BCUT2D eigenvalue weighted by Crippen LogP contribution is -2.60. The molecule has 6 heteroatoms. The van der Waals surface area contributed by atoms with Crippen molar-refractivity contribution in [2.75, 3.05) is 13.2 Å². The fraction of sp³-hybridized carbons (Fsp3) is 0.692. The lowest BCUT2D eigenvalue weighted by molar-refractivity contribution is -0.387. The van der Waals surface area contributed by atoms with Crippen LogP contribution in [0.15, 0.2) is 12.2 Å². The molecule has 0 aliphatic carbocycles. The molecular weight excluding hydrogens is 252 g/mol. The Morgan fingerprint density at radius 1 is 1.21 bits per heavy atom. The van der Waals surface area contributed by atoms with Gasteiger partial charge in [-0.25, -0.2) is 4.79 Å². The first-order valence-corrected chi connectivity index (χ1v) is 6.06. The lowest BCUT2D eigenvalue weighted by atomic mass is 10.1. The third kappa shape index (κ3) is 3.54. The van der Waals surface area contributed by atoms with Crippen molar-refractivity contribution >= 4 is 11.9 Å². The Kier molecular flexibility index (Phi) is 4.70. The third-order valence-electron chi connectivity index (χ3n) is 2.84. The minimum atomic E-state index is -1.67. The Morgan fingerprint density at radius 3 is 2.16 bits per heavy atom. The van der Waals surface area contributed by atoms with Crippen LogP contribution >= 0.6 is 0 Å². The molecule has 0 N–H and O–H groups in total. The summed E-state index contributed by atoms with van der Waals surface area (Å²) in [4.78, 5) is 22.9. The van der Waals surface area contributed by atoms with Crippen molar-refractivity contribution in [3.05, 3.63) is 12.2 Å². The van der Waals surface area contributed by atoms with Crippen LogP contribution in [0.3, 0.4) is 0 Å². The quantitative estimate of drug-likeness (QED) is 0.439. The number of hydrogen-bond donors (Lipinski definition) is 0. The summed E-state index contributed by atoms with van der Waals surface area (Å²) in [7, 11) is 0. The van der Waals surface area contributed by atoms with Gasteiger partial charge in [0.25, 0.3) is 0 Å². The number of rotatable bonds is 4. The van der Waals surface area contributed by atoms with Gasteiger partial charge in [-0.1, -0.05) is 6.58 Å². The average Bonchev–Trinajstić information content (AvgIpc) is 2.28. The van der Waals surface area contributed by atoms with Crippen LogP contribution < -0.4 is 0 Å². The Bertz CT molecular complexity index is 383. The van der Waals surface area contributed by atoms with E-state index in [4.69, 9.17) is 18.9 Å². The predicted octanol–water partition coefficient (Wildman–Crippen LogP) is 1.54. The summed E-state index contributed by atoms with van der Waals surface area (Å²) >= 11 is 0. The second-order valence-electron chi connectivity index (χ2n) is 4.71. The molecule has 0 spiro atoms. The van der Waals surface area contributed by atoms with E-state index in [0.717, 1.165) is 6.42 Å². The number of ether oxygens (including phenoxy) is 4. The van der Waals surface area contributed by atoms with Gasteiger partial charge < -0.3 is 18.9 Å². The van der Waals surface area contributed by atoms with Crippen molar-refractivity contribution in [2.45, 2.75) is 45.7 Å². The van der Waals surface area contributed by atoms with E-state index in [2.05, 4.69) is 6.58 Å². The first-order valence-electron chi connectivity index (χ1n) is 6.06. The molecule has 1 atom stereocenters. The highest BCUT2D eigenvalue weighted by Gasteiger charge is 2.55. The van der Waals surface area contributed by atoms with Crippen molar-refractivity contribution in [1.29, 1.82) is 0 Å². The number of carbonyl (C=O) groups is 2. The zero-order valence-corrected chi connectivity index (χ0v) is 11.8. The minimum absolute atomic E-state index is 0.192. The molecule has 1 aliphatic heterocycles. The molecule has 19 heavy (non-hydrogen) atoms. The van der Waals surface area contributed by atoms with E-state index >= 15 is 0 Å². The molecule has 1 heterocycles. The van der Waals surface area contributed by atoms with E-state index < -0.39 is 23.5 Å². The van der Waals surface area contributed by atoms with Crippen LogP contribution in [0, 0.1) is 0 Å². The highest BCUT2D eigenvalue weighted by Crippen LogP contribution is 2.35. The normalized spacial score (nSPS) is 21.1. The second-order valence-corrected chi connectivity index (χ2v) is 4.71. The Morgan fingerprint density at radius 2 is 1.74 bits per heavy atom. The first-order chi connectivity index (χ1) is 8.70. The predicted molar refractivity (Wildman–Crippen MR) is 66.0 cm³/mol. The van der Waals surface area contributed by atoms with E-state index in [0.29, 0.717) is 13.2 Å².